The Hall–Kier alpha value is -1.88. The summed E-state index contributed by atoms with van der Waals surface area (Å²) in [5.74, 6) is 0.976. The van der Waals surface area contributed by atoms with Crippen molar-refractivity contribution in [2.24, 2.45) is 0 Å². The number of aromatic nitrogens is 1. The van der Waals surface area contributed by atoms with E-state index in [-0.39, 0.29) is 11.9 Å². The summed E-state index contributed by atoms with van der Waals surface area (Å²) < 4.78 is 5.65. The van der Waals surface area contributed by atoms with Gasteiger partial charge in [-0.05, 0) is 38.3 Å². The highest BCUT2D eigenvalue weighted by molar-refractivity contribution is 7.09. The first kappa shape index (κ1) is 16.0. The maximum atomic E-state index is 12.6. The van der Waals surface area contributed by atoms with Crippen molar-refractivity contribution in [3.05, 3.63) is 46.4 Å². The number of likely N-dealkylation sites (tertiary alicyclic amines) is 1. The summed E-state index contributed by atoms with van der Waals surface area (Å²) in [7, 11) is 0. The van der Waals surface area contributed by atoms with Crippen LogP contribution in [0.5, 0.6) is 5.75 Å². The van der Waals surface area contributed by atoms with E-state index in [2.05, 4.69) is 10.4 Å². The minimum Gasteiger partial charge on any atom is -0.493 e. The van der Waals surface area contributed by atoms with Gasteiger partial charge in [0.25, 0.3) is 0 Å². The molecule has 1 amide bonds. The molecule has 1 aliphatic heterocycles. The summed E-state index contributed by atoms with van der Waals surface area (Å²) in [5.41, 5.74) is 1.04. The zero-order valence-corrected chi connectivity index (χ0v) is 14.2. The van der Waals surface area contributed by atoms with E-state index in [0.717, 1.165) is 42.3 Å². The van der Waals surface area contributed by atoms with Gasteiger partial charge in [-0.1, -0.05) is 18.2 Å². The van der Waals surface area contributed by atoms with E-state index in [1.165, 1.54) is 0 Å². The van der Waals surface area contributed by atoms with Crippen molar-refractivity contribution in [3.63, 3.8) is 0 Å². The maximum absolute atomic E-state index is 12.6. The number of para-hydroxylation sites is 1. The van der Waals surface area contributed by atoms with Gasteiger partial charge in [0.1, 0.15) is 10.8 Å². The summed E-state index contributed by atoms with van der Waals surface area (Å²) in [6.45, 7) is 3.25. The van der Waals surface area contributed by atoms with Crippen LogP contribution in [0, 0.1) is 6.92 Å². The van der Waals surface area contributed by atoms with Crippen molar-refractivity contribution in [2.45, 2.75) is 38.6 Å². The molecule has 122 valence electrons. The number of aryl methyl sites for hydroxylation is 1. The van der Waals surface area contributed by atoms with Crippen LogP contribution >= 0.6 is 11.3 Å². The molecule has 1 aliphatic rings. The molecule has 2 aromatic rings. The van der Waals surface area contributed by atoms with Crippen LogP contribution in [0.25, 0.3) is 0 Å². The Labute approximate surface area is 141 Å². The van der Waals surface area contributed by atoms with E-state index >= 15 is 0 Å². The minimum absolute atomic E-state index is 0.145. The lowest BCUT2D eigenvalue weighted by Crippen LogP contribution is -2.39. The summed E-state index contributed by atoms with van der Waals surface area (Å²) in [5, 5.41) is 3.13. The first-order valence-corrected chi connectivity index (χ1v) is 9.01. The molecule has 3 rings (SSSR count). The average molecular weight is 330 g/mol. The molecule has 4 nitrogen and oxygen atoms in total. The van der Waals surface area contributed by atoms with Crippen LogP contribution in [0.4, 0.5) is 0 Å². The number of hydrogen-bond acceptors (Lipinski definition) is 4. The summed E-state index contributed by atoms with van der Waals surface area (Å²) >= 11 is 1.66. The molecule has 0 bridgehead atoms. The molecule has 0 radical (unpaired) electrons. The van der Waals surface area contributed by atoms with Crippen LogP contribution in [0.2, 0.25) is 0 Å². The molecule has 0 N–H and O–H groups in total. The van der Waals surface area contributed by atoms with E-state index in [9.17, 15) is 4.79 Å². The molecular weight excluding hydrogens is 308 g/mol. The highest BCUT2D eigenvalue weighted by atomic mass is 32.1. The monoisotopic (exact) mass is 330 g/mol. The lowest BCUT2D eigenvalue weighted by atomic mass is 10.0. The van der Waals surface area contributed by atoms with Gasteiger partial charge in [-0.25, -0.2) is 4.98 Å². The molecule has 0 saturated carbocycles. The second-order valence-corrected chi connectivity index (χ2v) is 6.73. The number of thiazole rings is 1. The van der Waals surface area contributed by atoms with Crippen molar-refractivity contribution in [1.29, 1.82) is 0 Å². The normalized spacial score (nSPS) is 18.0. The molecular formula is C18H22N2O2S. The molecule has 5 heteroatoms. The minimum atomic E-state index is 0.145. The number of amides is 1. The van der Waals surface area contributed by atoms with Crippen LogP contribution in [-0.4, -0.2) is 28.9 Å². The third kappa shape index (κ3) is 4.10. The first-order chi connectivity index (χ1) is 11.2. The average Bonchev–Trinajstić information content (AvgIpc) is 3.02. The van der Waals surface area contributed by atoms with Gasteiger partial charge in [0.2, 0.25) is 5.91 Å². The predicted octanol–water partition coefficient (Wildman–Crippen LogP) is 3.97. The summed E-state index contributed by atoms with van der Waals surface area (Å²) in [6.07, 6.45) is 3.66. The van der Waals surface area contributed by atoms with Gasteiger partial charge in [0, 0.05) is 17.6 Å². The molecule has 1 aromatic carbocycles. The highest BCUT2D eigenvalue weighted by Crippen LogP contribution is 2.33. The van der Waals surface area contributed by atoms with Crippen LogP contribution in [0.15, 0.2) is 35.7 Å². The number of carbonyl (C=O) groups is 1. The summed E-state index contributed by atoms with van der Waals surface area (Å²) in [4.78, 5) is 19.2. The van der Waals surface area contributed by atoms with E-state index in [1.54, 1.807) is 11.3 Å². The van der Waals surface area contributed by atoms with E-state index in [0.29, 0.717) is 13.0 Å². The number of benzene rings is 1. The Kier molecular flexibility index (Phi) is 5.28. The fraction of sp³-hybridized carbons (Fsp3) is 0.444. The molecule has 1 fully saturated rings. The lowest BCUT2D eigenvalue weighted by Gasteiger charge is -2.34. The van der Waals surface area contributed by atoms with Gasteiger partial charge in [-0.3, -0.25) is 4.79 Å². The van der Waals surface area contributed by atoms with Gasteiger partial charge in [0.05, 0.1) is 19.1 Å². The quantitative estimate of drug-likeness (QED) is 0.833. The Morgan fingerprint density at radius 1 is 1.35 bits per heavy atom. The van der Waals surface area contributed by atoms with Crippen LogP contribution in [0.1, 0.15) is 42.4 Å². The van der Waals surface area contributed by atoms with Gasteiger partial charge in [-0.15, -0.1) is 11.3 Å². The largest absolute Gasteiger partial charge is 0.493 e. The number of carbonyl (C=O) groups excluding carboxylic acids is 1. The van der Waals surface area contributed by atoms with E-state index < -0.39 is 0 Å². The SMILES string of the molecule is Cc1csc([C@@H]2CCCCN2C(=O)CCOc2ccccc2)n1. The van der Waals surface area contributed by atoms with Gasteiger partial charge >= 0.3 is 0 Å². The second kappa shape index (κ2) is 7.59. The fourth-order valence-corrected chi connectivity index (χ4v) is 3.87. The molecule has 0 spiro atoms. The second-order valence-electron chi connectivity index (χ2n) is 5.84. The van der Waals surface area contributed by atoms with Gasteiger partial charge in [-0.2, -0.15) is 0 Å². The third-order valence-electron chi connectivity index (χ3n) is 4.07. The third-order valence-corrected chi connectivity index (χ3v) is 5.14. The van der Waals surface area contributed by atoms with Crippen molar-refractivity contribution >= 4 is 17.2 Å². The van der Waals surface area contributed by atoms with Crippen LogP contribution < -0.4 is 4.74 Å². The number of piperidine rings is 1. The van der Waals surface area contributed by atoms with Crippen LogP contribution in [0.3, 0.4) is 0 Å². The molecule has 0 aliphatic carbocycles. The molecule has 1 atom stereocenters. The first-order valence-electron chi connectivity index (χ1n) is 8.13. The molecule has 0 unspecified atom stereocenters. The smallest absolute Gasteiger partial charge is 0.226 e. The van der Waals surface area contributed by atoms with E-state index in [4.69, 9.17) is 4.74 Å². The molecule has 2 heterocycles. The number of ether oxygens (including phenoxy) is 1. The van der Waals surface area contributed by atoms with Gasteiger partial charge in [0.15, 0.2) is 0 Å². The predicted molar refractivity (Wildman–Crippen MR) is 91.7 cm³/mol. The standard InChI is InChI=1S/C18H22N2O2S/c1-14-13-23-18(19-14)16-9-5-6-11-20(16)17(21)10-12-22-15-7-3-2-4-8-15/h2-4,7-8,13,16H,5-6,9-12H2,1H3/t16-/m0/s1. The zero-order valence-electron chi connectivity index (χ0n) is 13.4. The Morgan fingerprint density at radius 2 is 2.17 bits per heavy atom. The van der Waals surface area contributed by atoms with Crippen molar-refractivity contribution in [1.82, 2.24) is 9.88 Å². The van der Waals surface area contributed by atoms with Crippen molar-refractivity contribution in [3.8, 4) is 5.75 Å². The lowest BCUT2D eigenvalue weighted by molar-refractivity contribution is -0.135. The van der Waals surface area contributed by atoms with Gasteiger partial charge < -0.3 is 9.64 Å². The Bertz CT molecular complexity index is 641. The topological polar surface area (TPSA) is 42.4 Å². The molecule has 1 aromatic heterocycles. The summed E-state index contributed by atoms with van der Waals surface area (Å²) in [6, 6.07) is 9.78. The highest BCUT2D eigenvalue weighted by Gasteiger charge is 2.29. The van der Waals surface area contributed by atoms with Crippen molar-refractivity contribution < 1.29 is 9.53 Å². The number of hydrogen-bond donors (Lipinski definition) is 0. The van der Waals surface area contributed by atoms with E-state index in [1.807, 2.05) is 42.2 Å². The Morgan fingerprint density at radius 3 is 2.91 bits per heavy atom. The zero-order chi connectivity index (χ0) is 16.1. The molecule has 23 heavy (non-hydrogen) atoms. The fourth-order valence-electron chi connectivity index (χ4n) is 2.93. The molecule has 1 saturated heterocycles. The number of nitrogens with zero attached hydrogens (tertiary/aromatic N) is 2. The van der Waals surface area contributed by atoms with Crippen LogP contribution in [-0.2, 0) is 4.79 Å². The number of rotatable bonds is 5. The Balaban J connectivity index is 1.58. The maximum Gasteiger partial charge on any atom is 0.226 e. The van der Waals surface area contributed by atoms with Crippen molar-refractivity contribution in [2.75, 3.05) is 13.2 Å².